The van der Waals surface area contributed by atoms with E-state index in [1.54, 1.807) is 0 Å². The lowest BCUT2D eigenvalue weighted by Gasteiger charge is -2.37. The highest BCUT2D eigenvalue weighted by molar-refractivity contribution is 9.09. The summed E-state index contributed by atoms with van der Waals surface area (Å²) in [6, 6.07) is 1.05. The van der Waals surface area contributed by atoms with Gasteiger partial charge in [-0.05, 0) is 31.6 Å². The monoisotopic (exact) mass is 287 g/mol. The van der Waals surface area contributed by atoms with Gasteiger partial charge in [-0.2, -0.15) is 0 Å². The summed E-state index contributed by atoms with van der Waals surface area (Å²) in [7, 11) is 0. The molecular weight excluding hydrogens is 266 g/mol. The zero-order valence-corrected chi connectivity index (χ0v) is 11.9. The van der Waals surface area contributed by atoms with Gasteiger partial charge in [0.25, 0.3) is 0 Å². The van der Waals surface area contributed by atoms with Crippen LogP contribution in [-0.4, -0.2) is 27.7 Å². The van der Waals surface area contributed by atoms with E-state index < -0.39 is 0 Å². The fraction of sp³-hybridized carbons (Fsp3) is 0.923. The van der Waals surface area contributed by atoms with Crippen molar-refractivity contribution in [3.8, 4) is 0 Å². The molecule has 0 aromatic rings. The summed E-state index contributed by atoms with van der Waals surface area (Å²) >= 11 is 3.71. The topological polar surface area (TPSA) is 20.3 Å². The van der Waals surface area contributed by atoms with E-state index in [1.165, 1.54) is 12.8 Å². The Labute approximate surface area is 107 Å². The molecule has 2 bridgehead atoms. The van der Waals surface area contributed by atoms with Crippen molar-refractivity contribution < 1.29 is 4.79 Å². The van der Waals surface area contributed by atoms with Gasteiger partial charge in [-0.15, -0.1) is 0 Å². The summed E-state index contributed by atoms with van der Waals surface area (Å²) in [6.07, 6.45) is 6.61. The molecule has 3 atom stereocenters. The van der Waals surface area contributed by atoms with Crippen molar-refractivity contribution in [2.75, 3.05) is 0 Å². The third-order valence-corrected chi connectivity index (χ3v) is 4.93. The number of piperidine rings is 1. The molecule has 2 aliphatic heterocycles. The SMILES string of the molecule is CCC(C)CC(=O)N1C2CCC1CC(Br)C2. The fourth-order valence-corrected chi connectivity index (χ4v) is 3.93. The van der Waals surface area contributed by atoms with Crippen molar-refractivity contribution in [3.63, 3.8) is 0 Å². The number of alkyl halides is 1. The molecule has 3 unspecified atom stereocenters. The molecule has 2 fully saturated rings. The molecule has 2 rings (SSSR count). The average molecular weight is 288 g/mol. The number of carbonyl (C=O) groups is 1. The van der Waals surface area contributed by atoms with Crippen LogP contribution in [0.3, 0.4) is 0 Å². The van der Waals surface area contributed by atoms with Crippen molar-refractivity contribution in [1.29, 1.82) is 0 Å². The van der Waals surface area contributed by atoms with Gasteiger partial charge >= 0.3 is 0 Å². The Morgan fingerprint density at radius 2 is 1.94 bits per heavy atom. The number of amides is 1. The first-order valence-corrected chi connectivity index (χ1v) is 7.48. The molecule has 0 aromatic carbocycles. The number of rotatable bonds is 3. The molecule has 0 saturated carbocycles. The van der Waals surface area contributed by atoms with Crippen molar-refractivity contribution in [2.45, 2.75) is 69.3 Å². The van der Waals surface area contributed by atoms with Gasteiger partial charge in [0.2, 0.25) is 5.91 Å². The molecule has 0 N–H and O–H groups in total. The summed E-state index contributed by atoms with van der Waals surface area (Å²) in [5, 5.41) is 0. The molecule has 0 aromatic heterocycles. The van der Waals surface area contributed by atoms with E-state index in [2.05, 4.69) is 34.7 Å². The van der Waals surface area contributed by atoms with Crippen LogP contribution in [0.25, 0.3) is 0 Å². The quantitative estimate of drug-likeness (QED) is 0.729. The lowest BCUT2D eigenvalue weighted by molar-refractivity contribution is -0.136. The summed E-state index contributed by atoms with van der Waals surface area (Å²) in [5.74, 6) is 0.940. The number of hydrogen-bond acceptors (Lipinski definition) is 1. The van der Waals surface area contributed by atoms with Crippen LogP contribution < -0.4 is 0 Å². The van der Waals surface area contributed by atoms with E-state index in [-0.39, 0.29) is 0 Å². The predicted molar refractivity (Wildman–Crippen MR) is 69.7 cm³/mol. The van der Waals surface area contributed by atoms with Crippen LogP contribution in [0.2, 0.25) is 0 Å². The molecule has 2 aliphatic rings. The Morgan fingerprint density at radius 1 is 1.38 bits per heavy atom. The first-order chi connectivity index (χ1) is 7.61. The highest BCUT2D eigenvalue weighted by Crippen LogP contribution is 2.39. The van der Waals surface area contributed by atoms with Gasteiger partial charge in [0.1, 0.15) is 0 Å². The van der Waals surface area contributed by atoms with Crippen molar-refractivity contribution in [1.82, 2.24) is 4.90 Å². The minimum absolute atomic E-state index is 0.404. The van der Waals surface area contributed by atoms with E-state index in [9.17, 15) is 4.79 Å². The smallest absolute Gasteiger partial charge is 0.223 e. The summed E-state index contributed by atoms with van der Waals surface area (Å²) in [6.45, 7) is 4.34. The number of nitrogens with zero attached hydrogens (tertiary/aromatic N) is 1. The molecule has 1 amide bonds. The third-order valence-electron chi connectivity index (χ3n) is 4.18. The molecular formula is C13H22BrNO. The molecule has 0 spiro atoms. The van der Waals surface area contributed by atoms with Crippen LogP contribution >= 0.6 is 15.9 Å². The van der Waals surface area contributed by atoms with Gasteiger partial charge in [-0.3, -0.25) is 4.79 Å². The van der Waals surface area contributed by atoms with Gasteiger partial charge in [-0.1, -0.05) is 36.2 Å². The van der Waals surface area contributed by atoms with Crippen LogP contribution in [0.5, 0.6) is 0 Å². The lowest BCUT2D eigenvalue weighted by atomic mass is 9.99. The number of fused-ring (bicyclic) bond motifs is 2. The average Bonchev–Trinajstić information content (AvgIpc) is 2.51. The van der Waals surface area contributed by atoms with Crippen LogP contribution in [-0.2, 0) is 4.79 Å². The largest absolute Gasteiger partial charge is 0.337 e. The minimum Gasteiger partial charge on any atom is -0.337 e. The number of halogens is 1. The number of carbonyl (C=O) groups excluding carboxylic acids is 1. The molecule has 2 nitrogen and oxygen atoms in total. The van der Waals surface area contributed by atoms with E-state index in [4.69, 9.17) is 0 Å². The standard InChI is InChI=1S/C13H22BrNO/c1-3-9(2)6-13(16)15-11-4-5-12(15)8-10(14)7-11/h9-12H,3-8H2,1-2H3. The Bertz CT molecular complexity index is 255. The van der Waals surface area contributed by atoms with Crippen molar-refractivity contribution >= 4 is 21.8 Å². The summed E-state index contributed by atoms with van der Waals surface area (Å²) in [4.78, 5) is 15.1. The highest BCUT2D eigenvalue weighted by Gasteiger charge is 2.42. The van der Waals surface area contributed by atoms with Crippen LogP contribution in [0.4, 0.5) is 0 Å². The maximum atomic E-state index is 12.2. The Morgan fingerprint density at radius 3 is 2.44 bits per heavy atom. The zero-order valence-electron chi connectivity index (χ0n) is 10.3. The van der Waals surface area contributed by atoms with Crippen molar-refractivity contribution in [2.24, 2.45) is 5.92 Å². The summed E-state index contributed by atoms with van der Waals surface area (Å²) < 4.78 is 0. The molecule has 16 heavy (non-hydrogen) atoms. The van der Waals surface area contributed by atoms with Gasteiger partial charge < -0.3 is 4.90 Å². The minimum atomic E-state index is 0.404. The first kappa shape index (κ1) is 12.4. The third kappa shape index (κ3) is 2.44. The summed E-state index contributed by atoms with van der Waals surface area (Å²) in [5.41, 5.74) is 0. The molecule has 0 aliphatic carbocycles. The van der Waals surface area contributed by atoms with Crippen LogP contribution in [0, 0.1) is 5.92 Å². The molecule has 2 saturated heterocycles. The second-order valence-corrected chi connectivity index (χ2v) is 6.77. The van der Waals surface area contributed by atoms with E-state index >= 15 is 0 Å². The lowest BCUT2D eigenvalue weighted by Crippen LogP contribution is -2.47. The highest BCUT2D eigenvalue weighted by atomic mass is 79.9. The Kier molecular flexibility index (Phi) is 3.93. The van der Waals surface area contributed by atoms with Crippen LogP contribution in [0.1, 0.15) is 52.4 Å². The van der Waals surface area contributed by atoms with Gasteiger partial charge in [0, 0.05) is 23.3 Å². The normalized spacial score (nSPS) is 35.2. The Balaban J connectivity index is 1.97. The van der Waals surface area contributed by atoms with Crippen molar-refractivity contribution in [3.05, 3.63) is 0 Å². The second kappa shape index (κ2) is 5.07. The maximum Gasteiger partial charge on any atom is 0.223 e. The van der Waals surface area contributed by atoms with Gasteiger partial charge in [0.05, 0.1) is 0 Å². The molecule has 2 heterocycles. The van der Waals surface area contributed by atoms with Gasteiger partial charge in [0.15, 0.2) is 0 Å². The van der Waals surface area contributed by atoms with E-state index in [0.29, 0.717) is 28.7 Å². The van der Waals surface area contributed by atoms with Crippen LogP contribution in [0.15, 0.2) is 0 Å². The fourth-order valence-electron chi connectivity index (χ4n) is 3.07. The Hall–Kier alpha value is -0.0500. The molecule has 92 valence electrons. The van der Waals surface area contributed by atoms with Gasteiger partial charge in [-0.25, -0.2) is 0 Å². The zero-order chi connectivity index (χ0) is 11.7. The number of hydrogen-bond donors (Lipinski definition) is 0. The molecule has 3 heteroatoms. The second-order valence-electron chi connectivity index (χ2n) is 5.47. The predicted octanol–water partition coefficient (Wildman–Crippen LogP) is 3.34. The maximum absolute atomic E-state index is 12.2. The molecule has 0 radical (unpaired) electrons. The van der Waals surface area contributed by atoms with E-state index in [0.717, 1.165) is 25.7 Å². The first-order valence-electron chi connectivity index (χ1n) is 6.57. The van der Waals surface area contributed by atoms with E-state index in [1.807, 2.05) is 0 Å².